The second-order valence-corrected chi connectivity index (χ2v) is 5.20. The first kappa shape index (κ1) is 16.1. The number of benzene rings is 2. The number of carbonyl (C=O) groups is 2. The van der Waals surface area contributed by atoms with Crippen molar-refractivity contribution in [3.05, 3.63) is 63.6 Å². The van der Waals surface area contributed by atoms with E-state index in [0.717, 1.165) is 18.2 Å². The summed E-state index contributed by atoms with van der Waals surface area (Å²) in [5, 5.41) is 9.55. The van der Waals surface area contributed by atoms with Gasteiger partial charge < -0.3 is 9.84 Å². The van der Waals surface area contributed by atoms with Crippen molar-refractivity contribution in [1.82, 2.24) is 0 Å². The zero-order valence-corrected chi connectivity index (χ0v) is 12.6. The SMILES string of the molecule is O=C(OCC(=O)c1cc(F)ccc1F)c1cc(Br)ccc1O. The van der Waals surface area contributed by atoms with E-state index in [2.05, 4.69) is 15.9 Å². The number of carbonyl (C=O) groups excluding carboxylic acids is 2. The summed E-state index contributed by atoms with van der Waals surface area (Å²) < 4.78 is 31.7. The van der Waals surface area contributed by atoms with Gasteiger partial charge >= 0.3 is 5.97 Å². The Morgan fingerprint density at radius 2 is 1.82 bits per heavy atom. The zero-order chi connectivity index (χ0) is 16.3. The van der Waals surface area contributed by atoms with Crippen molar-refractivity contribution in [2.45, 2.75) is 0 Å². The molecule has 0 aliphatic rings. The fourth-order valence-corrected chi connectivity index (χ4v) is 2.03. The molecule has 0 aromatic heterocycles. The zero-order valence-electron chi connectivity index (χ0n) is 11.0. The van der Waals surface area contributed by atoms with E-state index in [9.17, 15) is 23.5 Å². The van der Waals surface area contributed by atoms with Crippen molar-refractivity contribution in [2.24, 2.45) is 0 Å². The first-order valence-corrected chi connectivity index (χ1v) is 6.81. The molecule has 0 heterocycles. The molecule has 2 rings (SSSR count). The van der Waals surface area contributed by atoms with Crippen molar-refractivity contribution in [3.8, 4) is 5.75 Å². The number of ether oxygens (including phenoxy) is 1. The third-order valence-electron chi connectivity index (χ3n) is 2.74. The number of hydrogen-bond donors (Lipinski definition) is 1. The molecule has 0 saturated heterocycles. The molecule has 0 fully saturated rings. The lowest BCUT2D eigenvalue weighted by atomic mass is 10.1. The van der Waals surface area contributed by atoms with Crippen LogP contribution in [0.2, 0.25) is 0 Å². The van der Waals surface area contributed by atoms with Crippen molar-refractivity contribution in [1.29, 1.82) is 0 Å². The smallest absolute Gasteiger partial charge is 0.342 e. The third-order valence-corrected chi connectivity index (χ3v) is 3.23. The maximum atomic E-state index is 13.4. The predicted octanol–water partition coefficient (Wildman–Crippen LogP) is 3.47. The average Bonchev–Trinajstić information content (AvgIpc) is 2.49. The number of ketones is 1. The van der Waals surface area contributed by atoms with Gasteiger partial charge in [-0.15, -0.1) is 0 Å². The van der Waals surface area contributed by atoms with Gasteiger partial charge in [-0.2, -0.15) is 0 Å². The summed E-state index contributed by atoms with van der Waals surface area (Å²) in [7, 11) is 0. The van der Waals surface area contributed by atoms with E-state index in [0.29, 0.717) is 4.47 Å². The minimum absolute atomic E-state index is 0.151. The number of rotatable bonds is 4. The lowest BCUT2D eigenvalue weighted by Crippen LogP contribution is -2.15. The second-order valence-electron chi connectivity index (χ2n) is 4.28. The van der Waals surface area contributed by atoms with Crippen molar-refractivity contribution < 1.29 is 28.2 Å². The van der Waals surface area contributed by atoms with Gasteiger partial charge in [0.05, 0.1) is 5.56 Å². The van der Waals surface area contributed by atoms with Gasteiger partial charge in [-0.1, -0.05) is 15.9 Å². The first-order valence-electron chi connectivity index (χ1n) is 6.02. The van der Waals surface area contributed by atoms with Crippen LogP contribution in [-0.2, 0) is 4.74 Å². The largest absolute Gasteiger partial charge is 0.507 e. The van der Waals surface area contributed by atoms with Crippen LogP contribution in [0.5, 0.6) is 5.75 Å². The first-order chi connectivity index (χ1) is 10.4. The molecule has 0 radical (unpaired) electrons. The Morgan fingerprint density at radius 1 is 1.09 bits per heavy atom. The van der Waals surface area contributed by atoms with Crippen LogP contribution < -0.4 is 0 Å². The fourth-order valence-electron chi connectivity index (χ4n) is 1.67. The monoisotopic (exact) mass is 370 g/mol. The van der Waals surface area contributed by atoms with Crippen molar-refractivity contribution >= 4 is 27.7 Å². The topological polar surface area (TPSA) is 63.6 Å². The van der Waals surface area contributed by atoms with Gasteiger partial charge in [0.1, 0.15) is 22.9 Å². The molecule has 7 heteroatoms. The van der Waals surface area contributed by atoms with Gasteiger partial charge in [0.15, 0.2) is 6.61 Å². The maximum absolute atomic E-state index is 13.4. The molecular formula is C15H9BrF2O4. The van der Waals surface area contributed by atoms with Crippen molar-refractivity contribution in [2.75, 3.05) is 6.61 Å². The van der Waals surface area contributed by atoms with Crippen LogP contribution in [-0.4, -0.2) is 23.5 Å². The van der Waals surface area contributed by atoms with E-state index >= 15 is 0 Å². The van der Waals surface area contributed by atoms with Crippen LogP contribution in [0.1, 0.15) is 20.7 Å². The van der Waals surface area contributed by atoms with Gasteiger partial charge in [-0.3, -0.25) is 4.79 Å². The highest BCUT2D eigenvalue weighted by molar-refractivity contribution is 9.10. The Labute approximate surface area is 132 Å². The Morgan fingerprint density at radius 3 is 2.55 bits per heavy atom. The van der Waals surface area contributed by atoms with Crippen LogP contribution in [0.4, 0.5) is 8.78 Å². The summed E-state index contributed by atoms with van der Waals surface area (Å²) in [6.45, 7) is -0.773. The van der Waals surface area contributed by atoms with E-state index in [1.54, 1.807) is 0 Å². The number of aromatic hydroxyl groups is 1. The summed E-state index contributed by atoms with van der Waals surface area (Å²) in [5.41, 5.74) is -0.659. The van der Waals surface area contributed by atoms with E-state index in [-0.39, 0.29) is 11.3 Å². The molecule has 0 unspecified atom stereocenters. The Balaban J connectivity index is 2.09. The van der Waals surface area contributed by atoms with Crippen LogP contribution in [0, 0.1) is 11.6 Å². The molecule has 2 aromatic rings. The summed E-state index contributed by atoms with van der Waals surface area (Å²) in [4.78, 5) is 23.5. The highest BCUT2D eigenvalue weighted by atomic mass is 79.9. The minimum atomic E-state index is -0.955. The molecule has 4 nitrogen and oxygen atoms in total. The van der Waals surface area contributed by atoms with Crippen LogP contribution in [0.25, 0.3) is 0 Å². The number of halogens is 3. The summed E-state index contributed by atoms with van der Waals surface area (Å²) in [5.74, 6) is -3.85. The molecule has 0 atom stereocenters. The third kappa shape index (κ3) is 3.67. The number of phenols is 1. The molecule has 0 bridgehead atoms. The molecule has 0 aliphatic heterocycles. The van der Waals surface area contributed by atoms with Crippen LogP contribution in [0.15, 0.2) is 40.9 Å². The summed E-state index contributed by atoms with van der Waals surface area (Å²) in [6.07, 6.45) is 0. The van der Waals surface area contributed by atoms with Gasteiger partial charge in [0, 0.05) is 4.47 Å². The van der Waals surface area contributed by atoms with Crippen LogP contribution in [0.3, 0.4) is 0 Å². The highest BCUT2D eigenvalue weighted by Crippen LogP contribution is 2.22. The standard InChI is InChI=1S/C15H9BrF2O4/c16-8-1-4-13(19)11(5-8)15(21)22-7-14(20)10-6-9(17)2-3-12(10)18/h1-6,19H,7H2. The minimum Gasteiger partial charge on any atom is -0.507 e. The van der Waals surface area contributed by atoms with Gasteiger partial charge in [-0.05, 0) is 36.4 Å². The van der Waals surface area contributed by atoms with E-state index in [1.807, 2.05) is 0 Å². The number of hydrogen-bond acceptors (Lipinski definition) is 4. The van der Waals surface area contributed by atoms with E-state index < -0.39 is 35.6 Å². The van der Waals surface area contributed by atoms with Gasteiger partial charge in [-0.25, -0.2) is 13.6 Å². The van der Waals surface area contributed by atoms with E-state index in [4.69, 9.17) is 4.74 Å². The number of Topliss-reactive ketones (excluding diaryl/α,β-unsaturated/α-hetero) is 1. The van der Waals surface area contributed by atoms with Crippen molar-refractivity contribution in [3.63, 3.8) is 0 Å². The fraction of sp³-hybridized carbons (Fsp3) is 0.0667. The molecule has 0 amide bonds. The molecule has 0 saturated carbocycles. The number of esters is 1. The quantitative estimate of drug-likeness (QED) is 0.661. The molecule has 0 spiro atoms. The Bertz CT molecular complexity index is 683. The maximum Gasteiger partial charge on any atom is 0.342 e. The van der Waals surface area contributed by atoms with E-state index in [1.165, 1.54) is 18.2 Å². The molecule has 0 aliphatic carbocycles. The lowest BCUT2D eigenvalue weighted by molar-refractivity contribution is 0.0470. The van der Waals surface area contributed by atoms with Crippen LogP contribution >= 0.6 is 15.9 Å². The molecule has 2 aromatic carbocycles. The highest BCUT2D eigenvalue weighted by Gasteiger charge is 2.18. The Kier molecular flexibility index (Phi) is 4.87. The normalized spacial score (nSPS) is 10.3. The number of phenolic OH excluding ortho intramolecular Hbond substituents is 1. The predicted molar refractivity (Wildman–Crippen MR) is 76.8 cm³/mol. The summed E-state index contributed by atoms with van der Waals surface area (Å²) >= 11 is 3.12. The molecular weight excluding hydrogens is 362 g/mol. The molecule has 1 N–H and O–H groups in total. The lowest BCUT2D eigenvalue weighted by Gasteiger charge is -2.07. The molecule has 22 heavy (non-hydrogen) atoms. The molecule has 114 valence electrons. The average molecular weight is 371 g/mol. The summed E-state index contributed by atoms with van der Waals surface area (Å²) in [6, 6.07) is 6.50. The second kappa shape index (κ2) is 6.65. The van der Waals surface area contributed by atoms with Gasteiger partial charge in [0.25, 0.3) is 0 Å². The Hall–Kier alpha value is -2.28. The van der Waals surface area contributed by atoms with Gasteiger partial charge in [0.2, 0.25) is 5.78 Å².